The highest BCUT2D eigenvalue weighted by Crippen LogP contribution is 2.35. The predicted molar refractivity (Wildman–Crippen MR) is 88.9 cm³/mol. The molecule has 0 aliphatic carbocycles. The number of aryl methyl sites for hydroxylation is 1. The Kier molecular flexibility index (Phi) is 5.72. The molecule has 5 nitrogen and oxygen atoms in total. The number of thiophene rings is 1. The minimum absolute atomic E-state index is 0.0431. The first-order chi connectivity index (χ1) is 11.6. The van der Waals surface area contributed by atoms with Gasteiger partial charge >= 0.3 is 6.18 Å². The lowest BCUT2D eigenvalue weighted by molar-refractivity contribution is -0.137. The van der Waals surface area contributed by atoms with Crippen molar-refractivity contribution in [2.45, 2.75) is 17.3 Å². The van der Waals surface area contributed by atoms with E-state index in [-0.39, 0.29) is 28.5 Å². The Morgan fingerprint density at radius 3 is 2.48 bits per heavy atom. The van der Waals surface area contributed by atoms with Crippen LogP contribution in [0.25, 0.3) is 0 Å². The van der Waals surface area contributed by atoms with Crippen LogP contribution in [0.4, 0.5) is 18.9 Å². The van der Waals surface area contributed by atoms with Crippen molar-refractivity contribution in [3.8, 4) is 6.07 Å². The minimum atomic E-state index is -4.62. The van der Waals surface area contributed by atoms with Crippen LogP contribution >= 0.6 is 11.3 Å². The summed E-state index contributed by atoms with van der Waals surface area (Å²) in [6, 6.07) is 7.96. The molecule has 0 aliphatic heterocycles. The molecule has 2 rings (SSSR count). The van der Waals surface area contributed by atoms with Crippen molar-refractivity contribution in [3.05, 3.63) is 46.3 Å². The Labute approximate surface area is 147 Å². The van der Waals surface area contributed by atoms with Gasteiger partial charge in [0.05, 0.1) is 17.2 Å². The predicted octanol–water partition coefficient (Wildman–Crippen LogP) is 3.34. The van der Waals surface area contributed by atoms with Crippen molar-refractivity contribution >= 4 is 27.0 Å². The van der Waals surface area contributed by atoms with E-state index in [4.69, 9.17) is 5.26 Å². The molecular weight excluding hydrogens is 375 g/mol. The van der Waals surface area contributed by atoms with E-state index < -0.39 is 21.8 Å². The van der Waals surface area contributed by atoms with Gasteiger partial charge in [-0.05, 0) is 37.3 Å². The summed E-state index contributed by atoms with van der Waals surface area (Å²) in [6.45, 7) is 1.64. The van der Waals surface area contributed by atoms with Crippen LogP contribution < -0.4 is 10.0 Å². The number of nitriles is 1. The second kappa shape index (κ2) is 7.43. The molecule has 1 aromatic heterocycles. The Hall–Kier alpha value is -2.09. The number of rotatable bonds is 6. The van der Waals surface area contributed by atoms with Crippen molar-refractivity contribution in [1.29, 1.82) is 5.26 Å². The monoisotopic (exact) mass is 389 g/mol. The first-order valence-corrected chi connectivity index (χ1v) is 9.35. The average Bonchev–Trinajstić information content (AvgIpc) is 2.98. The van der Waals surface area contributed by atoms with Gasteiger partial charge in [-0.3, -0.25) is 0 Å². The molecule has 0 fully saturated rings. The lowest BCUT2D eigenvalue weighted by atomic mass is 10.1. The minimum Gasteiger partial charge on any atom is -0.383 e. The second-order valence-electron chi connectivity index (χ2n) is 5.06. The molecule has 0 aliphatic rings. The molecule has 10 heteroatoms. The molecule has 0 spiro atoms. The van der Waals surface area contributed by atoms with Gasteiger partial charge < -0.3 is 5.32 Å². The fourth-order valence-electron chi connectivity index (χ4n) is 2.01. The van der Waals surface area contributed by atoms with Crippen LogP contribution in [0, 0.1) is 18.3 Å². The molecule has 0 unspecified atom stereocenters. The van der Waals surface area contributed by atoms with E-state index in [1.807, 2.05) is 0 Å². The summed E-state index contributed by atoms with van der Waals surface area (Å²) in [5, 5.41) is 11.3. The van der Waals surface area contributed by atoms with E-state index >= 15 is 0 Å². The van der Waals surface area contributed by atoms with Crippen molar-refractivity contribution in [3.63, 3.8) is 0 Å². The molecule has 0 saturated carbocycles. The van der Waals surface area contributed by atoms with Crippen LogP contribution in [0.15, 0.2) is 34.5 Å². The molecule has 1 heterocycles. The number of hydrogen-bond acceptors (Lipinski definition) is 5. The maximum Gasteiger partial charge on any atom is 0.418 e. The molecule has 25 heavy (non-hydrogen) atoms. The zero-order valence-corrected chi connectivity index (χ0v) is 14.6. The third kappa shape index (κ3) is 4.94. The topological polar surface area (TPSA) is 82.0 Å². The van der Waals surface area contributed by atoms with Crippen molar-refractivity contribution < 1.29 is 21.6 Å². The van der Waals surface area contributed by atoms with Gasteiger partial charge in [0.2, 0.25) is 10.0 Å². The highest BCUT2D eigenvalue weighted by Gasteiger charge is 2.33. The Morgan fingerprint density at radius 1 is 1.20 bits per heavy atom. The van der Waals surface area contributed by atoms with Crippen LogP contribution in [-0.4, -0.2) is 21.5 Å². The van der Waals surface area contributed by atoms with E-state index in [2.05, 4.69) is 10.0 Å². The molecule has 134 valence electrons. The van der Waals surface area contributed by atoms with E-state index in [0.717, 1.165) is 28.3 Å². The van der Waals surface area contributed by atoms with Gasteiger partial charge in [-0.25, -0.2) is 13.1 Å². The second-order valence-corrected chi connectivity index (χ2v) is 8.34. The van der Waals surface area contributed by atoms with Gasteiger partial charge in [-0.2, -0.15) is 18.4 Å². The third-order valence-corrected chi connectivity index (χ3v) is 6.12. The lowest BCUT2D eigenvalue weighted by Gasteiger charge is -2.15. The highest BCUT2D eigenvalue weighted by atomic mass is 32.2. The molecule has 2 aromatic rings. The van der Waals surface area contributed by atoms with Crippen LogP contribution in [-0.2, 0) is 16.2 Å². The zero-order valence-electron chi connectivity index (χ0n) is 13.0. The number of alkyl halides is 3. The molecule has 2 N–H and O–H groups in total. The largest absolute Gasteiger partial charge is 0.418 e. The molecular formula is C15H14F3N3O2S2. The van der Waals surface area contributed by atoms with E-state index in [1.165, 1.54) is 12.1 Å². The maximum atomic E-state index is 13.0. The SMILES string of the molecule is Cc1ccc(S(=O)(=O)NCCNc2ccc(C#N)cc2C(F)(F)F)s1. The van der Waals surface area contributed by atoms with Gasteiger partial charge in [0.15, 0.2) is 0 Å². The van der Waals surface area contributed by atoms with Gasteiger partial charge in [-0.1, -0.05) is 0 Å². The number of halogens is 3. The molecule has 0 bridgehead atoms. The summed E-state index contributed by atoms with van der Waals surface area (Å²) in [6.07, 6.45) is -4.62. The Bertz CT molecular complexity index is 899. The normalized spacial score (nSPS) is 12.0. The number of benzene rings is 1. The molecule has 0 atom stereocenters. The molecule has 0 saturated heterocycles. The Morgan fingerprint density at radius 2 is 1.92 bits per heavy atom. The quantitative estimate of drug-likeness (QED) is 0.743. The summed E-state index contributed by atoms with van der Waals surface area (Å²) in [5.74, 6) is 0. The number of hydrogen-bond donors (Lipinski definition) is 2. The van der Waals surface area contributed by atoms with Crippen LogP contribution in [0.3, 0.4) is 0 Å². The fraction of sp³-hybridized carbons (Fsp3) is 0.267. The van der Waals surface area contributed by atoms with Gasteiger partial charge in [-0.15, -0.1) is 11.3 Å². The van der Waals surface area contributed by atoms with Crippen molar-refractivity contribution in [2.75, 3.05) is 18.4 Å². The summed E-state index contributed by atoms with van der Waals surface area (Å²) < 4.78 is 65.6. The summed E-state index contributed by atoms with van der Waals surface area (Å²) in [4.78, 5) is 0.839. The molecule has 0 radical (unpaired) electrons. The standard InChI is InChI=1S/C15H14F3N3O2S2/c1-10-2-5-14(24-10)25(22,23)21-7-6-20-13-4-3-11(9-19)8-12(13)15(16,17)18/h2-5,8,20-21H,6-7H2,1H3. The highest BCUT2D eigenvalue weighted by molar-refractivity contribution is 7.91. The number of anilines is 1. The molecule has 1 aromatic carbocycles. The number of sulfonamides is 1. The van der Waals surface area contributed by atoms with E-state index in [0.29, 0.717) is 0 Å². The maximum absolute atomic E-state index is 13.0. The van der Waals surface area contributed by atoms with Crippen LogP contribution in [0.2, 0.25) is 0 Å². The summed E-state index contributed by atoms with van der Waals surface area (Å²) >= 11 is 1.11. The third-order valence-electron chi connectivity index (χ3n) is 3.17. The number of nitrogens with zero attached hydrogens (tertiary/aromatic N) is 1. The fourth-order valence-corrected chi connectivity index (χ4v) is 4.37. The van der Waals surface area contributed by atoms with Crippen molar-refractivity contribution in [2.24, 2.45) is 0 Å². The summed E-state index contributed by atoms with van der Waals surface area (Å²) in [5.41, 5.74) is -1.28. The Balaban J connectivity index is 2.02. The van der Waals surface area contributed by atoms with Crippen LogP contribution in [0.5, 0.6) is 0 Å². The van der Waals surface area contributed by atoms with Gasteiger partial charge in [0.25, 0.3) is 0 Å². The van der Waals surface area contributed by atoms with Gasteiger partial charge in [0.1, 0.15) is 4.21 Å². The molecule has 0 amide bonds. The number of nitrogens with one attached hydrogen (secondary N) is 2. The van der Waals surface area contributed by atoms with E-state index in [1.54, 1.807) is 19.1 Å². The lowest BCUT2D eigenvalue weighted by Crippen LogP contribution is -2.28. The van der Waals surface area contributed by atoms with E-state index in [9.17, 15) is 21.6 Å². The average molecular weight is 389 g/mol. The smallest absolute Gasteiger partial charge is 0.383 e. The first-order valence-electron chi connectivity index (χ1n) is 7.05. The van der Waals surface area contributed by atoms with Crippen molar-refractivity contribution in [1.82, 2.24) is 4.72 Å². The zero-order chi connectivity index (χ0) is 18.7. The van der Waals surface area contributed by atoms with Gasteiger partial charge in [0, 0.05) is 23.7 Å². The summed E-state index contributed by atoms with van der Waals surface area (Å²) in [7, 11) is -3.68. The van der Waals surface area contributed by atoms with Crippen LogP contribution in [0.1, 0.15) is 16.0 Å². The first kappa shape index (κ1) is 19.2.